The third-order valence-corrected chi connectivity index (χ3v) is 9.43. The Morgan fingerprint density at radius 3 is 2.20 bits per heavy atom. The minimum absolute atomic E-state index is 0.115. The number of amides is 1. The van der Waals surface area contributed by atoms with Gasteiger partial charge in [0.1, 0.15) is 30.5 Å². The fourth-order valence-electron chi connectivity index (χ4n) is 6.37. The topological polar surface area (TPSA) is 151 Å². The van der Waals surface area contributed by atoms with Crippen LogP contribution in [0, 0.1) is 0 Å². The lowest BCUT2D eigenvalue weighted by molar-refractivity contribution is -0.0374. The van der Waals surface area contributed by atoms with Gasteiger partial charge >= 0.3 is 0 Å². The van der Waals surface area contributed by atoms with E-state index in [4.69, 9.17) is 71.9 Å². The summed E-state index contributed by atoms with van der Waals surface area (Å²) in [5.74, 6) is 1.47. The Hall–Kier alpha value is -3.99. The van der Waals surface area contributed by atoms with Gasteiger partial charge in [-0.15, -0.1) is 0 Å². The summed E-state index contributed by atoms with van der Waals surface area (Å²) in [6, 6.07) is 10.8. The molecule has 2 aromatic heterocycles. The molecule has 0 unspecified atom stereocenters. The molecule has 6 rings (SSSR count). The van der Waals surface area contributed by atoms with Crippen molar-refractivity contribution < 1.29 is 42.7 Å². The number of pyridine rings is 1. The van der Waals surface area contributed by atoms with Gasteiger partial charge in [-0.2, -0.15) is 5.10 Å². The summed E-state index contributed by atoms with van der Waals surface area (Å²) in [6.07, 6.45) is 3.37. The SMILES string of the molecule is COc1cc2c(cc1-c1cncc(OCCOCCOCCOCCOCCN)c1)-c1c(c(C(=O)N3CCOCC3(C)C)nn1-c1cc(Cl)cc(Cl)c1)CO2. The second-order valence-corrected chi connectivity index (χ2v) is 14.2. The predicted octanol–water partition coefficient (Wildman–Crippen LogP) is 5.46. The first kappa shape index (κ1) is 40.7. The van der Waals surface area contributed by atoms with Crippen LogP contribution < -0.4 is 19.9 Å². The highest BCUT2D eigenvalue weighted by Gasteiger charge is 2.39. The Bertz CT molecular complexity index is 1900. The summed E-state index contributed by atoms with van der Waals surface area (Å²) >= 11 is 13.0. The third-order valence-electron chi connectivity index (χ3n) is 9.00. The first-order chi connectivity index (χ1) is 26.7. The van der Waals surface area contributed by atoms with Crippen LogP contribution in [-0.4, -0.2) is 124 Å². The van der Waals surface area contributed by atoms with Crippen LogP contribution in [-0.2, 0) is 30.3 Å². The van der Waals surface area contributed by atoms with Crippen molar-refractivity contribution in [1.82, 2.24) is 19.7 Å². The molecule has 2 N–H and O–H groups in total. The monoisotopic (exact) mass is 799 g/mol. The largest absolute Gasteiger partial charge is 0.496 e. The second-order valence-electron chi connectivity index (χ2n) is 13.4. The highest BCUT2D eigenvalue weighted by Crippen LogP contribution is 2.46. The molecule has 2 aliphatic rings. The number of benzene rings is 2. The zero-order chi connectivity index (χ0) is 38.8. The van der Waals surface area contributed by atoms with Crippen molar-refractivity contribution in [3.05, 3.63) is 70.1 Å². The number of methoxy groups -OCH3 is 1. The quantitative estimate of drug-likeness (QED) is 0.120. The average Bonchev–Trinajstić information content (AvgIpc) is 3.57. The van der Waals surface area contributed by atoms with Gasteiger partial charge < -0.3 is 48.5 Å². The van der Waals surface area contributed by atoms with E-state index in [1.54, 1.807) is 47.3 Å². The molecule has 4 heterocycles. The van der Waals surface area contributed by atoms with Crippen LogP contribution in [0.3, 0.4) is 0 Å². The summed E-state index contributed by atoms with van der Waals surface area (Å²) in [6.45, 7) is 9.90. The molecular weight excluding hydrogens is 753 g/mol. The van der Waals surface area contributed by atoms with Crippen LogP contribution in [0.2, 0.25) is 10.0 Å². The zero-order valence-electron chi connectivity index (χ0n) is 31.3. The number of hydrogen-bond acceptors (Lipinski definition) is 12. The molecule has 1 amide bonds. The van der Waals surface area contributed by atoms with Crippen LogP contribution in [0.15, 0.2) is 48.8 Å². The lowest BCUT2D eigenvalue weighted by Gasteiger charge is -2.41. The summed E-state index contributed by atoms with van der Waals surface area (Å²) in [7, 11) is 1.60. The first-order valence-corrected chi connectivity index (χ1v) is 18.9. The molecule has 1 fully saturated rings. The first-order valence-electron chi connectivity index (χ1n) is 18.1. The van der Waals surface area contributed by atoms with Gasteiger partial charge in [-0.3, -0.25) is 9.78 Å². The maximum absolute atomic E-state index is 14.3. The molecular formula is C39H47Cl2N5O9. The number of rotatable bonds is 19. The predicted molar refractivity (Wildman–Crippen MR) is 207 cm³/mol. The molecule has 0 saturated carbocycles. The molecule has 14 nitrogen and oxygen atoms in total. The number of halogens is 2. The highest BCUT2D eigenvalue weighted by atomic mass is 35.5. The van der Waals surface area contributed by atoms with Crippen molar-refractivity contribution in [2.75, 3.05) is 92.9 Å². The van der Waals surface area contributed by atoms with Crippen molar-refractivity contribution in [3.63, 3.8) is 0 Å². The van der Waals surface area contributed by atoms with Gasteiger partial charge in [-0.1, -0.05) is 23.2 Å². The molecule has 0 spiro atoms. The number of morpholine rings is 1. The molecule has 2 aliphatic heterocycles. The normalized spacial score (nSPS) is 14.6. The minimum Gasteiger partial charge on any atom is -0.496 e. The maximum atomic E-state index is 14.3. The van der Waals surface area contributed by atoms with Crippen LogP contribution in [0.25, 0.3) is 28.1 Å². The molecule has 16 heteroatoms. The van der Waals surface area contributed by atoms with Crippen molar-refractivity contribution in [2.24, 2.45) is 5.73 Å². The molecule has 0 atom stereocenters. The average molecular weight is 801 g/mol. The molecule has 0 aliphatic carbocycles. The van der Waals surface area contributed by atoms with E-state index >= 15 is 0 Å². The van der Waals surface area contributed by atoms with Crippen LogP contribution in [0.4, 0.5) is 0 Å². The standard InChI is InChI=1S/C39H47Cl2N5O9/c1-39(2)25-53-7-5-45(39)38(47)36-33-24-55-35-21-34(48-3)31(20-32(35)37(33)46(44-36)29-18-27(40)17-28(41)19-29)26-16-30(23-43-22-26)54-15-14-52-13-12-51-11-10-50-9-8-49-6-4-42/h16-23H,4-15,24-25,42H2,1-3H3. The molecule has 1 saturated heterocycles. The summed E-state index contributed by atoms with van der Waals surface area (Å²) in [5, 5.41) is 5.78. The highest BCUT2D eigenvalue weighted by molar-refractivity contribution is 6.34. The van der Waals surface area contributed by atoms with E-state index in [2.05, 4.69) is 4.98 Å². The minimum atomic E-state index is -0.531. The van der Waals surface area contributed by atoms with Gasteiger partial charge in [0.2, 0.25) is 0 Å². The Morgan fingerprint density at radius 1 is 0.873 bits per heavy atom. The van der Waals surface area contributed by atoms with E-state index in [1.165, 1.54) is 0 Å². The Kier molecular flexibility index (Phi) is 14.2. The van der Waals surface area contributed by atoms with Gasteiger partial charge in [0.15, 0.2) is 5.69 Å². The Labute approximate surface area is 330 Å². The Balaban J connectivity index is 1.19. The summed E-state index contributed by atoms with van der Waals surface area (Å²) in [4.78, 5) is 20.5. The smallest absolute Gasteiger partial charge is 0.275 e. The van der Waals surface area contributed by atoms with Crippen molar-refractivity contribution in [2.45, 2.75) is 26.0 Å². The van der Waals surface area contributed by atoms with Gasteiger partial charge in [0.05, 0.1) is 96.3 Å². The number of aromatic nitrogens is 3. The number of carbonyl (C=O) groups excluding carboxylic acids is 1. The number of hydrogen-bond donors (Lipinski definition) is 1. The van der Waals surface area contributed by atoms with Crippen molar-refractivity contribution in [1.29, 1.82) is 0 Å². The lowest BCUT2D eigenvalue weighted by atomic mass is 9.95. The fraction of sp³-hybridized carbons (Fsp3) is 0.462. The van der Waals surface area contributed by atoms with Crippen LogP contribution >= 0.6 is 23.2 Å². The van der Waals surface area contributed by atoms with Gasteiger partial charge in [-0.25, -0.2) is 4.68 Å². The van der Waals surface area contributed by atoms with Crippen LogP contribution in [0.5, 0.6) is 17.2 Å². The van der Waals surface area contributed by atoms with Crippen LogP contribution in [0.1, 0.15) is 29.9 Å². The van der Waals surface area contributed by atoms with E-state index in [9.17, 15) is 4.79 Å². The number of ether oxygens (including phenoxy) is 8. The summed E-state index contributed by atoms with van der Waals surface area (Å²) < 4.78 is 47.5. The molecule has 296 valence electrons. The zero-order valence-corrected chi connectivity index (χ0v) is 32.8. The van der Waals surface area contributed by atoms with E-state index in [0.717, 1.165) is 11.1 Å². The molecule has 55 heavy (non-hydrogen) atoms. The number of nitrogens with zero attached hydrogens (tertiary/aromatic N) is 4. The summed E-state index contributed by atoms with van der Waals surface area (Å²) in [5.41, 5.74) is 9.23. The third kappa shape index (κ3) is 10.1. The lowest BCUT2D eigenvalue weighted by Crippen LogP contribution is -2.55. The van der Waals surface area contributed by atoms with Crippen molar-refractivity contribution >= 4 is 29.1 Å². The number of nitrogens with two attached hydrogens (primary N) is 1. The molecule has 2 aromatic carbocycles. The van der Waals surface area contributed by atoms with Gasteiger partial charge in [0, 0.05) is 57.7 Å². The van der Waals surface area contributed by atoms with E-state index in [1.807, 2.05) is 32.0 Å². The van der Waals surface area contributed by atoms with E-state index in [-0.39, 0.29) is 18.2 Å². The fourth-order valence-corrected chi connectivity index (χ4v) is 6.88. The maximum Gasteiger partial charge on any atom is 0.275 e. The molecule has 4 aromatic rings. The second kappa shape index (κ2) is 19.2. The van der Waals surface area contributed by atoms with E-state index in [0.29, 0.717) is 136 Å². The molecule has 0 bridgehead atoms. The van der Waals surface area contributed by atoms with E-state index < -0.39 is 5.54 Å². The van der Waals surface area contributed by atoms with Gasteiger partial charge in [0.25, 0.3) is 5.91 Å². The molecule has 0 radical (unpaired) electrons. The number of carbonyl (C=O) groups is 1. The van der Waals surface area contributed by atoms with Gasteiger partial charge in [-0.05, 0) is 44.2 Å². The van der Waals surface area contributed by atoms with Crippen molar-refractivity contribution in [3.8, 4) is 45.3 Å². The Morgan fingerprint density at radius 2 is 1.55 bits per heavy atom. The number of fused-ring (bicyclic) bond motifs is 3.